The number of methoxy groups -OCH3 is 3. The fourth-order valence-corrected chi connectivity index (χ4v) is 2.67. The lowest BCUT2D eigenvalue weighted by Gasteiger charge is -2.21. The second kappa shape index (κ2) is 9.71. The van der Waals surface area contributed by atoms with Crippen LogP contribution in [0.15, 0.2) is 42.5 Å². The maximum Gasteiger partial charge on any atom is 0.261 e. The van der Waals surface area contributed by atoms with Gasteiger partial charge in [0.25, 0.3) is 5.91 Å². The van der Waals surface area contributed by atoms with Gasteiger partial charge in [-0.2, -0.15) is 0 Å². The van der Waals surface area contributed by atoms with Crippen molar-refractivity contribution in [3.63, 3.8) is 0 Å². The monoisotopic (exact) mass is 373 g/mol. The van der Waals surface area contributed by atoms with Crippen molar-refractivity contribution in [2.75, 3.05) is 21.3 Å². The van der Waals surface area contributed by atoms with Crippen molar-refractivity contribution in [3.8, 4) is 23.0 Å². The second-order valence-electron chi connectivity index (χ2n) is 6.04. The van der Waals surface area contributed by atoms with Crippen molar-refractivity contribution in [3.05, 3.63) is 48.0 Å². The van der Waals surface area contributed by atoms with E-state index in [0.29, 0.717) is 29.4 Å². The van der Waals surface area contributed by atoms with Gasteiger partial charge in [-0.15, -0.1) is 0 Å². The number of ether oxygens (including phenoxy) is 4. The minimum absolute atomic E-state index is 0.178. The molecule has 0 aromatic heterocycles. The molecule has 0 heterocycles. The van der Waals surface area contributed by atoms with E-state index in [0.717, 1.165) is 5.56 Å². The Kier molecular flexibility index (Phi) is 7.34. The third-order valence-electron chi connectivity index (χ3n) is 4.25. The SMILES string of the molecule is CCC(Oc1cccc(OC)c1)C(=O)NC(C)c1ccc(OC)c(OC)c1. The summed E-state index contributed by atoms with van der Waals surface area (Å²) in [7, 11) is 4.76. The van der Waals surface area contributed by atoms with Gasteiger partial charge in [0.1, 0.15) is 11.5 Å². The van der Waals surface area contributed by atoms with Crippen LogP contribution in [-0.4, -0.2) is 33.3 Å². The zero-order valence-corrected chi connectivity index (χ0v) is 16.4. The van der Waals surface area contributed by atoms with E-state index in [-0.39, 0.29) is 11.9 Å². The van der Waals surface area contributed by atoms with Crippen LogP contribution < -0.4 is 24.3 Å². The van der Waals surface area contributed by atoms with Crippen LogP contribution >= 0.6 is 0 Å². The Morgan fingerprint density at radius 3 is 2.30 bits per heavy atom. The molecule has 2 atom stereocenters. The molecule has 27 heavy (non-hydrogen) atoms. The minimum Gasteiger partial charge on any atom is -0.497 e. The molecule has 2 unspecified atom stereocenters. The van der Waals surface area contributed by atoms with E-state index in [1.165, 1.54) is 0 Å². The second-order valence-corrected chi connectivity index (χ2v) is 6.04. The highest BCUT2D eigenvalue weighted by atomic mass is 16.5. The van der Waals surface area contributed by atoms with Crippen molar-refractivity contribution in [2.24, 2.45) is 0 Å². The van der Waals surface area contributed by atoms with Crippen LogP contribution in [0.25, 0.3) is 0 Å². The summed E-state index contributed by atoms with van der Waals surface area (Å²) in [6, 6.07) is 12.6. The molecule has 1 N–H and O–H groups in total. The molecule has 1 amide bonds. The van der Waals surface area contributed by atoms with Crippen LogP contribution in [0.2, 0.25) is 0 Å². The number of nitrogens with one attached hydrogen (secondary N) is 1. The van der Waals surface area contributed by atoms with E-state index in [9.17, 15) is 4.79 Å². The van der Waals surface area contributed by atoms with Crippen LogP contribution in [-0.2, 0) is 4.79 Å². The van der Waals surface area contributed by atoms with E-state index in [4.69, 9.17) is 18.9 Å². The largest absolute Gasteiger partial charge is 0.497 e. The topological polar surface area (TPSA) is 66.0 Å². The highest BCUT2D eigenvalue weighted by Gasteiger charge is 2.21. The maximum atomic E-state index is 12.7. The van der Waals surface area contributed by atoms with Crippen LogP contribution in [0.4, 0.5) is 0 Å². The summed E-state index contributed by atoms with van der Waals surface area (Å²) in [4.78, 5) is 12.7. The first-order valence-corrected chi connectivity index (χ1v) is 8.85. The standard InChI is InChI=1S/C21H27NO5/c1-6-18(27-17-9-7-8-16(13-17)24-3)21(23)22-14(2)15-10-11-19(25-4)20(12-15)26-5/h7-14,18H,6H2,1-5H3,(H,22,23). The van der Waals surface area contributed by atoms with Gasteiger partial charge in [-0.3, -0.25) is 4.79 Å². The van der Waals surface area contributed by atoms with Crippen molar-refractivity contribution in [1.82, 2.24) is 5.32 Å². The maximum absolute atomic E-state index is 12.7. The molecule has 0 saturated heterocycles. The van der Waals surface area contributed by atoms with Crippen molar-refractivity contribution >= 4 is 5.91 Å². The molecule has 146 valence electrons. The summed E-state index contributed by atoms with van der Waals surface area (Å²) in [5.74, 6) is 2.36. The molecular formula is C21H27NO5. The molecule has 0 spiro atoms. The summed E-state index contributed by atoms with van der Waals surface area (Å²) < 4.78 is 21.6. The average molecular weight is 373 g/mol. The molecule has 0 saturated carbocycles. The van der Waals surface area contributed by atoms with Gasteiger partial charge < -0.3 is 24.3 Å². The zero-order valence-electron chi connectivity index (χ0n) is 16.4. The van der Waals surface area contributed by atoms with Gasteiger partial charge in [-0.05, 0) is 43.2 Å². The summed E-state index contributed by atoms with van der Waals surface area (Å²) in [6.45, 7) is 3.82. The third kappa shape index (κ3) is 5.29. The summed E-state index contributed by atoms with van der Waals surface area (Å²) in [5.41, 5.74) is 0.914. The normalized spacial score (nSPS) is 12.6. The summed E-state index contributed by atoms with van der Waals surface area (Å²) >= 11 is 0. The van der Waals surface area contributed by atoms with Gasteiger partial charge in [-0.1, -0.05) is 19.1 Å². The van der Waals surface area contributed by atoms with Crippen molar-refractivity contribution in [2.45, 2.75) is 32.4 Å². The number of amides is 1. The first-order valence-electron chi connectivity index (χ1n) is 8.85. The number of carbonyl (C=O) groups excluding carboxylic acids is 1. The number of benzene rings is 2. The predicted octanol–water partition coefficient (Wildman–Crippen LogP) is 3.75. The van der Waals surface area contributed by atoms with E-state index < -0.39 is 6.10 Å². The first-order chi connectivity index (χ1) is 13.0. The molecule has 2 aromatic carbocycles. The minimum atomic E-state index is -0.597. The quantitative estimate of drug-likeness (QED) is 0.725. The average Bonchev–Trinajstić information content (AvgIpc) is 2.71. The molecule has 0 radical (unpaired) electrons. The van der Waals surface area contributed by atoms with Gasteiger partial charge in [-0.25, -0.2) is 0 Å². The molecule has 6 heteroatoms. The smallest absolute Gasteiger partial charge is 0.261 e. The number of rotatable bonds is 9. The molecule has 0 aliphatic heterocycles. The third-order valence-corrected chi connectivity index (χ3v) is 4.25. The van der Waals surface area contributed by atoms with E-state index in [1.807, 2.05) is 44.2 Å². The molecule has 2 aromatic rings. The molecule has 0 fully saturated rings. The number of carbonyl (C=O) groups is 1. The lowest BCUT2D eigenvalue weighted by Crippen LogP contribution is -2.39. The first kappa shape index (κ1) is 20.4. The predicted molar refractivity (Wildman–Crippen MR) is 104 cm³/mol. The lowest BCUT2D eigenvalue weighted by molar-refractivity contribution is -0.128. The molecule has 0 bridgehead atoms. The highest BCUT2D eigenvalue weighted by Crippen LogP contribution is 2.30. The Bertz CT molecular complexity index is 762. The Balaban J connectivity index is 2.06. The molecule has 2 rings (SSSR count). The zero-order chi connectivity index (χ0) is 19.8. The molecule has 0 aliphatic carbocycles. The Morgan fingerprint density at radius 2 is 1.67 bits per heavy atom. The van der Waals surface area contributed by atoms with Gasteiger partial charge in [0.2, 0.25) is 0 Å². The van der Waals surface area contributed by atoms with Gasteiger partial charge in [0, 0.05) is 6.07 Å². The fraction of sp³-hybridized carbons (Fsp3) is 0.381. The van der Waals surface area contributed by atoms with Crippen molar-refractivity contribution < 1.29 is 23.7 Å². The van der Waals surface area contributed by atoms with Gasteiger partial charge >= 0.3 is 0 Å². The number of hydrogen-bond acceptors (Lipinski definition) is 5. The molecule has 0 aliphatic rings. The van der Waals surface area contributed by atoms with E-state index in [1.54, 1.807) is 33.5 Å². The summed E-state index contributed by atoms with van der Waals surface area (Å²) in [6.07, 6.45) is -0.0542. The Hall–Kier alpha value is -2.89. The van der Waals surface area contributed by atoms with Gasteiger partial charge in [0.15, 0.2) is 17.6 Å². The van der Waals surface area contributed by atoms with Crippen LogP contribution in [0, 0.1) is 0 Å². The van der Waals surface area contributed by atoms with E-state index >= 15 is 0 Å². The van der Waals surface area contributed by atoms with E-state index in [2.05, 4.69) is 5.32 Å². The molecular weight excluding hydrogens is 346 g/mol. The lowest BCUT2D eigenvalue weighted by atomic mass is 10.1. The fourth-order valence-electron chi connectivity index (χ4n) is 2.67. The Labute approximate surface area is 160 Å². The molecule has 6 nitrogen and oxygen atoms in total. The number of hydrogen-bond donors (Lipinski definition) is 1. The highest BCUT2D eigenvalue weighted by molar-refractivity contribution is 5.81. The summed E-state index contributed by atoms with van der Waals surface area (Å²) in [5, 5.41) is 2.99. The van der Waals surface area contributed by atoms with Crippen LogP contribution in [0.1, 0.15) is 31.9 Å². The Morgan fingerprint density at radius 1 is 0.963 bits per heavy atom. The van der Waals surface area contributed by atoms with Crippen LogP contribution in [0.3, 0.4) is 0 Å². The van der Waals surface area contributed by atoms with Crippen molar-refractivity contribution in [1.29, 1.82) is 0 Å². The van der Waals surface area contributed by atoms with Gasteiger partial charge in [0.05, 0.1) is 27.4 Å². The van der Waals surface area contributed by atoms with Crippen LogP contribution in [0.5, 0.6) is 23.0 Å².